The van der Waals surface area contributed by atoms with Gasteiger partial charge in [-0.25, -0.2) is 0 Å². The van der Waals surface area contributed by atoms with E-state index in [1.54, 1.807) is 7.11 Å². The molecule has 110 valence electrons. The Morgan fingerprint density at radius 3 is 2.67 bits per heavy atom. The zero-order valence-corrected chi connectivity index (χ0v) is 13.8. The first-order valence-electron chi connectivity index (χ1n) is 6.58. The minimum Gasteiger partial charge on any atom is -0.496 e. The van der Waals surface area contributed by atoms with Crippen LogP contribution in [-0.4, -0.2) is 20.3 Å². The highest BCUT2D eigenvalue weighted by atomic mass is 79.9. The molecule has 0 N–H and O–H groups in total. The number of rotatable bonds is 3. The minimum absolute atomic E-state index is 0.589. The lowest BCUT2D eigenvalue weighted by molar-refractivity contribution is 0.171. The van der Waals surface area contributed by atoms with Crippen molar-refractivity contribution in [3.05, 3.63) is 51.0 Å². The van der Waals surface area contributed by atoms with Gasteiger partial charge in [-0.3, -0.25) is 0 Å². The van der Waals surface area contributed by atoms with Crippen LogP contribution in [0.1, 0.15) is 11.1 Å². The van der Waals surface area contributed by atoms with Gasteiger partial charge in [0.15, 0.2) is 11.5 Å². The van der Waals surface area contributed by atoms with Crippen molar-refractivity contribution in [3.8, 4) is 17.2 Å². The Morgan fingerprint density at radius 2 is 1.90 bits per heavy atom. The summed E-state index contributed by atoms with van der Waals surface area (Å²) < 4.78 is 17.3. The van der Waals surface area contributed by atoms with Gasteiger partial charge in [-0.05, 0) is 51.7 Å². The normalized spacial score (nSPS) is 13.1. The van der Waals surface area contributed by atoms with Crippen molar-refractivity contribution in [2.24, 2.45) is 0 Å². The molecule has 0 saturated heterocycles. The summed E-state index contributed by atoms with van der Waals surface area (Å²) in [5, 5.41) is 0.685. The van der Waals surface area contributed by atoms with Gasteiger partial charge in [-0.15, -0.1) is 0 Å². The van der Waals surface area contributed by atoms with Crippen LogP contribution < -0.4 is 14.2 Å². The van der Waals surface area contributed by atoms with E-state index in [0.29, 0.717) is 18.2 Å². The lowest BCUT2D eigenvalue weighted by atomic mass is 10.0. The van der Waals surface area contributed by atoms with Crippen LogP contribution in [0.5, 0.6) is 17.2 Å². The molecule has 0 unspecified atom stereocenters. The largest absolute Gasteiger partial charge is 0.496 e. The Bertz CT molecular complexity index is 673. The summed E-state index contributed by atoms with van der Waals surface area (Å²) in [6.45, 7) is 1.19. The molecule has 21 heavy (non-hydrogen) atoms. The third kappa shape index (κ3) is 3.11. The Kier molecular flexibility index (Phi) is 4.27. The fourth-order valence-corrected chi connectivity index (χ4v) is 3.05. The zero-order valence-electron chi connectivity index (χ0n) is 11.5. The third-order valence-electron chi connectivity index (χ3n) is 3.32. The van der Waals surface area contributed by atoms with E-state index in [2.05, 4.69) is 15.9 Å². The van der Waals surface area contributed by atoms with E-state index < -0.39 is 0 Å². The highest BCUT2D eigenvalue weighted by Crippen LogP contribution is 2.35. The quantitative estimate of drug-likeness (QED) is 0.799. The van der Waals surface area contributed by atoms with Crippen molar-refractivity contribution in [2.75, 3.05) is 20.3 Å². The molecule has 1 aliphatic heterocycles. The maximum Gasteiger partial charge on any atom is 0.161 e. The van der Waals surface area contributed by atoms with Gasteiger partial charge in [0.05, 0.1) is 11.6 Å². The molecule has 1 heterocycles. The van der Waals surface area contributed by atoms with E-state index in [1.807, 2.05) is 30.3 Å². The molecule has 3 nitrogen and oxygen atoms in total. The molecule has 2 aromatic rings. The van der Waals surface area contributed by atoms with Gasteiger partial charge in [0.2, 0.25) is 0 Å². The number of halogens is 2. The average molecular weight is 370 g/mol. The fraction of sp³-hybridized carbons (Fsp3) is 0.250. The van der Waals surface area contributed by atoms with E-state index in [-0.39, 0.29) is 0 Å². The zero-order chi connectivity index (χ0) is 14.8. The fourth-order valence-electron chi connectivity index (χ4n) is 2.28. The summed E-state index contributed by atoms with van der Waals surface area (Å²) in [6.07, 6.45) is 0.720. The van der Waals surface area contributed by atoms with Crippen LogP contribution >= 0.6 is 27.5 Å². The van der Waals surface area contributed by atoms with E-state index in [0.717, 1.165) is 39.3 Å². The van der Waals surface area contributed by atoms with Crippen molar-refractivity contribution in [3.63, 3.8) is 0 Å². The van der Waals surface area contributed by atoms with Crippen LogP contribution in [0.3, 0.4) is 0 Å². The lowest BCUT2D eigenvalue weighted by Gasteiger charge is -2.19. The predicted molar refractivity (Wildman–Crippen MR) is 85.9 cm³/mol. The standard InChI is InChI=1S/C16H14BrClO3/c1-19-15-9-13(18)11(8-12(15)17)6-10-2-3-14-16(7-10)21-5-4-20-14/h2-3,7-9H,4-6H2,1H3. The summed E-state index contributed by atoms with van der Waals surface area (Å²) in [6, 6.07) is 9.78. The average Bonchev–Trinajstić information content (AvgIpc) is 2.50. The first kappa shape index (κ1) is 14.5. The molecule has 0 radical (unpaired) electrons. The number of benzene rings is 2. The van der Waals surface area contributed by atoms with Gasteiger partial charge in [0.25, 0.3) is 0 Å². The maximum absolute atomic E-state index is 6.32. The van der Waals surface area contributed by atoms with Gasteiger partial charge in [0, 0.05) is 11.1 Å². The molecular formula is C16H14BrClO3. The molecule has 0 spiro atoms. The summed E-state index contributed by atoms with van der Waals surface area (Å²) in [5.74, 6) is 2.32. The maximum atomic E-state index is 6.32. The number of hydrogen-bond donors (Lipinski definition) is 0. The van der Waals surface area contributed by atoms with Gasteiger partial charge in [-0.1, -0.05) is 17.7 Å². The molecule has 0 atom stereocenters. The molecule has 0 amide bonds. The monoisotopic (exact) mass is 368 g/mol. The van der Waals surface area contributed by atoms with Crippen LogP contribution in [0.25, 0.3) is 0 Å². The molecule has 5 heteroatoms. The van der Waals surface area contributed by atoms with Gasteiger partial charge < -0.3 is 14.2 Å². The van der Waals surface area contributed by atoms with E-state index in [4.69, 9.17) is 25.8 Å². The summed E-state index contributed by atoms with van der Waals surface area (Å²) >= 11 is 9.80. The lowest BCUT2D eigenvalue weighted by Crippen LogP contribution is -2.15. The van der Waals surface area contributed by atoms with Gasteiger partial charge in [0.1, 0.15) is 19.0 Å². The smallest absolute Gasteiger partial charge is 0.161 e. The highest BCUT2D eigenvalue weighted by molar-refractivity contribution is 9.10. The molecular weight excluding hydrogens is 356 g/mol. The molecule has 0 fully saturated rings. The summed E-state index contributed by atoms with van der Waals surface area (Å²) in [7, 11) is 1.62. The Balaban J connectivity index is 1.88. The Hall–Kier alpha value is -1.39. The highest BCUT2D eigenvalue weighted by Gasteiger charge is 2.13. The molecule has 1 aliphatic rings. The molecule has 3 rings (SSSR count). The van der Waals surface area contributed by atoms with Gasteiger partial charge >= 0.3 is 0 Å². The van der Waals surface area contributed by atoms with Crippen molar-refractivity contribution in [1.29, 1.82) is 0 Å². The first-order valence-corrected chi connectivity index (χ1v) is 7.75. The molecule has 0 aliphatic carbocycles. The SMILES string of the molecule is COc1cc(Cl)c(Cc2ccc3c(c2)OCCO3)cc1Br. The van der Waals surface area contributed by atoms with Crippen LogP contribution in [0.15, 0.2) is 34.8 Å². The topological polar surface area (TPSA) is 27.7 Å². The van der Waals surface area contributed by atoms with Crippen LogP contribution in [-0.2, 0) is 6.42 Å². The van der Waals surface area contributed by atoms with Crippen molar-refractivity contribution in [2.45, 2.75) is 6.42 Å². The second kappa shape index (κ2) is 6.16. The van der Waals surface area contributed by atoms with Crippen LogP contribution in [0.2, 0.25) is 5.02 Å². The first-order chi connectivity index (χ1) is 10.2. The molecule has 0 saturated carbocycles. The Morgan fingerprint density at radius 1 is 1.14 bits per heavy atom. The third-order valence-corrected chi connectivity index (χ3v) is 4.29. The Labute approximate surface area is 136 Å². The van der Waals surface area contributed by atoms with E-state index >= 15 is 0 Å². The van der Waals surface area contributed by atoms with Crippen molar-refractivity contribution >= 4 is 27.5 Å². The number of hydrogen-bond acceptors (Lipinski definition) is 3. The summed E-state index contributed by atoms with van der Waals surface area (Å²) in [5.41, 5.74) is 2.15. The van der Waals surface area contributed by atoms with Crippen LogP contribution in [0, 0.1) is 0 Å². The van der Waals surface area contributed by atoms with Crippen LogP contribution in [0.4, 0.5) is 0 Å². The van der Waals surface area contributed by atoms with Crippen molar-refractivity contribution < 1.29 is 14.2 Å². The predicted octanol–water partition coefficient (Wildman–Crippen LogP) is 4.47. The van der Waals surface area contributed by atoms with E-state index in [1.165, 1.54) is 0 Å². The number of ether oxygens (including phenoxy) is 3. The second-order valence-electron chi connectivity index (χ2n) is 4.73. The number of methoxy groups -OCH3 is 1. The summed E-state index contributed by atoms with van der Waals surface area (Å²) in [4.78, 5) is 0. The number of fused-ring (bicyclic) bond motifs is 1. The molecule has 0 bridgehead atoms. The van der Waals surface area contributed by atoms with Gasteiger partial charge in [-0.2, -0.15) is 0 Å². The minimum atomic E-state index is 0.589. The van der Waals surface area contributed by atoms with Crippen molar-refractivity contribution in [1.82, 2.24) is 0 Å². The second-order valence-corrected chi connectivity index (χ2v) is 5.99. The molecule has 2 aromatic carbocycles. The van der Waals surface area contributed by atoms with E-state index in [9.17, 15) is 0 Å². The molecule has 0 aromatic heterocycles.